The number of rotatable bonds is 7. The lowest BCUT2D eigenvalue weighted by Gasteiger charge is -2.10. The molecule has 0 aliphatic heterocycles. The Balaban J connectivity index is 2.83. The van der Waals surface area contributed by atoms with Gasteiger partial charge in [-0.3, -0.25) is 14.4 Å². The van der Waals surface area contributed by atoms with Crippen molar-refractivity contribution in [2.45, 2.75) is 19.1 Å². The van der Waals surface area contributed by atoms with Crippen molar-refractivity contribution in [1.82, 2.24) is 0 Å². The van der Waals surface area contributed by atoms with Crippen molar-refractivity contribution in [2.24, 2.45) is 5.92 Å². The number of carbonyl (C=O) groups is 3. The summed E-state index contributed by atoms with van der Waals surface area (Å²) in [7, 11) is -1.37. The van der Waals surface area contributed by atoms with Crippen molar-refractivity contribution in [2.75, 3.05) is 7.11 Å². The maximum Gasteiger partial charge on any atom is 0.316 e. The second-order valence-corrected chi connectivity index (χ2v) is 5.48. The molecule has 0 aliphatic rings. The van der Waals surface area contributed by atoms with Gasteiger partial charge in [-0.15, -0.1) is 0 Å². The summed E-state index contributed by atoms with van der Waals surface area (Å²) in [6, 6.07) is 6.01. The molecule has 21 heavy (non-hydrogen) atoms. The van der Waals surface area contributed by atoms with E-state index in [0.29, 0.717) is 11.1 Å². The number of Topliss-reactive ketones (excluding diaryl/α,β-unsaturated/α-hetero) is 2. The number of ether oxygens (including phenoxy) is 1. The minimum Gasteiger partial charge on any atom is -0.468 e. The van der Waals surface area contributed by atoms with Gasteiger partial charge in [0, 0.05) is 12.0 Å². The van der Waals surface area contributed by atoms with Crippen molar-refractivity contribution in [1.29, 1.82) is 0 Å². The first-order valence-electron chi connectivity index (χ1n) is 6.17. The molecular formula is C14H16O6S. The predicted octanol–water partition coefficient (Wildman–Crippen LogP) is 0.749. The molecule has 0 radical (unpaired) electrons. The quantitative estimate of drug-likeness (QED) is 0.345. The van der Waals surface area contributed by atoms with E-state index in [1.54, 1.807) is 0 Å². The first-order valence-corrected chi connectivity index (χ1v) is 7.53. The van der Waals surface area contributed by atoms with Gasteiger partial charge in [0.05, 0.1) is 12.9 Å². The zero-order chi connectivity index (χ0) is 16.0. The summed E-state index contributed by atoms with van der Waals surface area (Å²) in [5.41, 5.74) is 0.883. The van der Waals surface area contributed by atoms with E-state index in [-0.39, 0.29) is 18.0 Å². The van der Waals surface area contributed by atoms with Gasteiger partial charge in [0.2, 0.25) is 0 Å². The molecule has 1 atom stereocenters. The highest BCUT2D eigenvalue weighted by Gasteiger charge is 2.27. The molecule has 7 heteroatoms. The first kappa shape index (κ1) is 17.0. The van der Waals surface area contributed by atoms with Gasteiger partial charge in [0.15, 0.2) is 5.78 Å². The molecule has 0 aliphatic carbocycles. The number of benzene rings is 1. The predicted molar refractivity (Wildman–Crippen MR) is 75.6 cm³/mol. The number of methoxy groups -OCH3 is 1. The second-order valence-electron chi connectivity index (χ2n) is 4.50. The molecule has 1 aromatic carbocycles. The normalized spacial score (nSPS) is 12.0. The van der Waals surface area contributed by atoms with Crippen LogP contribution >= 0.6 is 0 Å². The van der Waals surface area contributed by atoms with Crippen molar-refractivity contribution in [3.8, 4) is 0 Å². The molecule has 114 valence electrons. The Kier molecular flexibility index (Phi) is 6.23. The molecule has 0 saturated carbocycles. The van der Waals surface area contributed by atoms with Crippen LogP contribution in [0.2, 0.25) is 0 Å². The summed E-state index contributed by atoms with van der Waals surface area (Å²) in [5.74, 6) is -2.76. The summed E-state index contributed by atoms with van der Waals surface area (Å²) in [5, 5.41) is 0. The minimum absolute atomic E-state index is 0.0952. The van der Waals surface area contributed by atoms with Crippen LogP contribution in [0.5, 0.6) is 0 Å². The molecular weight excluding hydrogens is 296 g/mol. The van der Waals surface area contributed by atoms with Gasteiger partial charge in [-0.05, 0) is 12.5 Å². The summed E-state index contributed by atoms with van der Waals surface area (Å²) >= 11 is 0. The van der Waals surface area contributed by atoms with E-state index in [1.165, 1.54) is 31.2 Å². The van der Waals surface area contributed by atoms with Crippen molar-refractivity contribution >= 4 is 28.2 Å². The number of ketones is 2. The molecule has 1 rings (SSSR count). The standard InChI is InChI=1S/C14H16O6S/c1-9(15)12(14(17)20-2)7-13(16)11-5-3-10(4-6-11)8-21(18)19/h3-6,12,21H,7-8H2,1-2H3. The molecule has 0 fully saturated rings. The fourth-order valence-corrected chi connectivity index (χ4v) is 2.29. The van der Waals surface area contributed by atoms with Gasteiger partial charge in [0.1, 0.15) is 22.4 Å². The Labute approximate surface area is 124 Å². The third-order valence-corrected chi connectivity index (χ3v) is 3.58. The van der Waals surface area contributed by atoms with E-state index in [9.17, 15) is 22.8 Å². The maximum atomic E-state index is 12.0. The minimum atomic E-state index is -2.53. The average Bonchev–Trinajstić information content (AvgIpc) is 2.43. The van der Waals surface area contributed by atoms with E-state index < -0.39 is 28.4 Å². The summed E-state index contributed by atoms with van der Waals surface area (Å²) < 4.78 is 25.7. The van der Waals surface area contributed by atoms with Crippen LogP contribution in [-0.4, -0.2) is 33.1 Å². The van der Waals surface area contributed by atoms with Crippen LogP contribution in [0, 0.1) is 5.92 Å². The first-order chi connectivity index (χ1) is 9.85. The van der Waals surface area contributed by atoms with Crippen molar-refractivity contribution in [3.05, 3.63) is 35.4 Å². The highest BCUT2D eigenvalue weighted by molar-refractivity contribution is 7.71. The van der Waals surface area contributed by atoms with E-state index in [2.05, 4.69) is 4.74 Å². The maximum absolute atomic E-state index is 12.0. The molecule has 1 aromatic rings. The highest BCUT2D eigenvalue weighted by atomic mass is 32.2. The number of thiol groups is 1. The van der Waals surface area contributed by atoms with Crippen LogP contribution in [0.3, 0.4) is 0 Å². The molecule has 0 heterocycles. The zero-order valence-corrected chi connectivity index (χ0v) is 12.6. The van der Waals surface area contributed by atoms with E-state index >= 15 is 0 Å². The van der Waals surface area contributed by atoms with E-state index in [4.69, 9.17) is 0 Å². The lowest BCUT2D eigenvalue weighted by atomic mass is 9.95. The number of carbonyl (C=O) groups excluding carboxylic acids is 3. The molecule has 0 amide bonds. The van der Waals surface area contributed by atoms with E-state index in [0.717, 1.165) is 7.11 Å². The third-order valence-electron chi connectivity index (χ3n) is 2.95. The molecule has 1 unspecified atom stereocenters. The summed E-state index contributed by atoms with van der Waals surface area (Å²) in [4.78, 5) is 34.8. The Morgan fingerprint density at radius 3 is 2.14 bits per heavy atom. The molecule has 0 N–H and O–H groups in total. The van der Waals surface area contributed by atoms with Crippen molar-refractivity contribution in [3.63, 3.8) is 0 Å². The van der Waals surface area contributed by atoms with Crippen LogP contribution in [0.15, 0.2) is 24.3 Å². The molecule has 6 nitrogen and oxygen atoms in total. The molecule has 0 bridgehead atoms. The monoisotopic (exact) mass is 312 g/mol. The molecule has 0 aromatic heterocycles. The third kappa shape index (κ3) is 5.11. The fraction of sp³-hybridized carbons (Fsp3) is 0.357. The van der Waals surface area contributed by atoms with Crippen LogP contribution < -0.4 is 0 Å². The Morgan fingerprint density at radius 2 is 1.71 bits per heavy atom. The van der Waals surface area contributed by atoms with E-state index in [1.807, 2.05) is 0 Å². The zero-order valence-electron chi connectivity index (χ0n) is 11.7. The largest absolute Gasteiger partial charge is 0.468 e. The lowest BCUT2D eigenvalue weighted by molar-refractivity contribution is -0.148. The SMILES string of the molecule is COC(=O)C(CC(=O)c1ccc(C[SH](=O)=O)cc1)C(C)=O. The lowest BCUT2D eigenvalue weighted by Crippen LogP contribution is -2.26. The van der Waals surface area contributed by atoms with Gasteiger partial charge in [-0.2, -0.15) is 0 Å². The highest BCUT2D eigenvalue weighted by Crippen LogP contribution is 2.14. The smallest absolute Gasteiger partial charge is 0.316 e. The van der Waals surface area contributed by atoms with Crippen LogP contribution in [0.25, 0.3) is 0 Å². The van der Waals surface area contributed by atoms with Crippen molar-refractivity contribution < 1.29 is 27.5 Å². The van der Waals surface area contributed by atoms with Crippen LogP contribution in [0.1, 0.15) is 29.3 Å². The topological polar surface area (TPSA) is 94.6 Å². The summed E-state index contributed by atoms with van der Waals surface area (Å²) in [6.45, 7) is 1.22. The Morgan fingerprint density at radius 1 is 1.14 bits per heavy atom. The van der Waals surface area contributed by atoms with Gasteiger partial charge >= 0.3 is 5.97 Å². The Bertz CT molecular complexity index is 607. The van der Waals surface area contributed by atoms with Gasteiger partial charge in [-0.1, -0.05) is 24.3 Å². The number of esters is 1. The van der Waals surface area contributed by atoms with Crippen LogP contribution in [0.4, 0.5) is 0 Å². The second kappa shape index (κ2) is 7.68. The van der Waals surface area contributed by atoms with Gasteiger partial charge in [-0.25, -0.2) is 8.42 Å². The fourth-order valence-electron chi connectivity index (χ4n) is 1.78. The summed E-state index contributed by atoms with van der Waals surface area (Å²) in [6.07, 6.45) is -0.267. The Hall–Kier alpha value is -2.02. The molecule has 0 spiro atoms. The molecule has 0 saturated heterocycles. The van der Waals surface area contributed by atoms with Crippen LogP contribution in [-0.2, 0) is 30.8 Å². The average molecular weight is 312 g/mol. The van der Waals surface area contributed by atoms with Gasteiger partial charge < -0.3 is 4.74 Å². The van der Waals surface area contributed by atoms with Gasteiger partial charge in [0.25, 0.3) is 0 Å². The number of hydrogen-bond donors (Lipinski definition) is 1. The number of hydrogen-bond acceptors (Lipinski definition) is 6.